The predicted octanol–water partition coefficient (Wildman–Crippen LogP) is 3.65. The van der Waals surface area contributed by atoms with Gasteiger partial charge in [-0.1, -0.05) is 12.1 Å². The molecule has 4 rings (SSSR count). The SMILES string of the molecule is Cc1cccc(S(=O)(=O)Nc2ccc(C(=O)NCC3CCCN3c3nccs3)cc2)c1. The maximum Gasteiger partial charge on any atom is 0.261 e. The van der Waals surface area contributed by atoms with Gasteiger partial charge in [-0.3, -0.25) is 9.52 Å². The summed E-state index contributed by atoms with van der Waals surface area (Å²) in [5.41, 5.74) is 1.76. The number of carbonyl (C=O) groups is 1. The second-order valence-electron chi connectivity index (χ2n) is 7.51. The summed E-state index contributed by atoms with van der Waals surface area (Å²) in [7, 11) is -3.68. The van der Waals surface area contributed by atoms with Gasteiger partial charge in [0.05, 0.1) is 4.90 Å². The number of aromatic nitrogens is 1. The first-order chi connectivity index (χ1) is 14.9. The molecule has 31 heavy (non-hydrogen) atoms. The Balaban J connectivity index is 1.36. The Morgan fingerprint density at radius 3 is 2.74 bits per heavy atom. The number of amides is 1. The number of aryl methyl sites for hydroxylation is 1. The predicted molar refractivity (Wildman–Crippen MR) is 123 cm³/mol. The van der Waals surface area contributed by atoms with Gasteiger partial charge in [-0.05, 0) is 61.7 Å². The molecule has 1 unspecified atom stereocenters. The molecule has 0 radical (unpaired) electrons. The van der Waals surface area contributed by atoms with Gasteiger partial charge in [-0.15, -0.1) is 11.3 Å². The lowest BCUT2D eigenvalue weighted by Gasteiger charge is -2.24. The molecule has 1 aliphatic heterocycles. The van der Waals surface area contributed by atoms with E-state index in [0.29, 0.717) is 17.8 Å². The molecule has 7 nitrogen and oxygen atoms in total. The van der Waals surface area contributed by atoms with Crippen molar-refractivity contribution in [2.45, 2.75) is 30.7 Å². The Bertz CT molecular complexity index is 1150. The first kappa shape index (κ1) is 21.3. The largest absolute Gasteiger partial charge is 0.350 e. The minimum atomic E-state index is -3.68. The number of rotatable bonds is 7. The Hall–Kier alpha value is -2.91. The summed E-state index contributed by atoms with van der Waals surface area (Å²) < 4.78 is 27.7. The molecule has 9 heteroatoms. The highest BCUT2D eigenvalue weighted by Crippen LogP contribution is 2.26. The van der Waals surface area contributed by atoms with Crippen LogP contribution in [0.3, 0.4) is 0 Å². The molecule has 0 aliphatic carbocycles. The second-order valence-corrected chi connectivity index (χ2v) is 10.1. The quantitative estimate of drug-likeness (QED) is 0.566. The number of anilines is 2. The van der Waals surface area contributed by atoms with Gasteiger partial charge >= 0.3 is 0 Å². The van der Waals surface area contributed by atoms with Crippen LogP contribution in [-0.4, -0.2) is 38.4 Å². The van der Waals surface area contributed by atoms with Crippen LogP contribution >= 0.6 is 11.3 Å². The molecular formula is C22H24N4O3S2. The third-order valence-corrected chi connectivity index (χ3v) is 7.43. The molecule has 1 aromatic heterocycles. The second kappa shape index (κ2) is 9.07. The number of nitrogens with one attached hydrogen (secondary N) is 2. The van der Waals surface area contributed by atoms with Crippen LogP contribution in [0.4, 0.5) is 10.8 Å². The highest BCUT2D eigenvalue weighted by atomic mass is 32.2. The summed E-state index contributed by atoms with van der Waals surface area (Å²) in [6.45, 7) is 3.33. The molecule has 0 bridgehead atoms. The average molecular weight is 457 g/mol. The van der Waals surface area contributed by atoms with Gasteiger partial charge in [0.2, 0.25) is 0 Å². The van der Waals surface area contributed by atoms with Gasteiger partial charge in [-0.25, -0.2) is 13.4 Å². The molecule has 1 aliphatic rings. The van der Waals surface area contributed by atoms with Crippen molar-refractivity contribution in [3.05, 3.63) is 71.2 Å². The van der Waals surface area contributed by atoms with E-state index in [2.05, 4.69) is 19.9 Å². The molecule has 1 fully saturated rings. The lowest BCUT2D eigenvalue weighted by atomic mass is 10.2. The Labute approximate surface area is 186 Å². The van der Waals surface area contributed by atoms with Crippen LogP contribution in [0.25, 0.3) is 0 Å². The molecule has 2 heterocycles. The number of hydrogen-bond donors (Lipinski definition) is 2. The first-order valence-corrected chi connectivity index (χ1v) is 12.4. The van der Waals surface area contributed by atoms with E-state index in [1.807, 2.05) is 18.4 Å². The summed E-state index contributed by atoms with van der Waals surface area (Å²) in [5, 5.41) is 5.93. The van der Waals surface area contributed by atoms with Crippen LogP contribution in [-0.2, 0) is 10.0 Å². The van der Waals surface area contributed by atoms with Crippen LogP contribution < -0.4 is 14.9 Å². The van der Waals surface area contributed by atoms with E-state index in [1.54, 1.807) is 60.0 Å². The van der Waals surface area contributed by atoms with Gasteiger partial charge in [0.1, 0.15) is 0 Å². The van der Waals surface area contributed by atoms with Crippen LogP contribution in [0.5, 0.6) is 0 Å². The topological polar surface area (TPSA) is 91.4 Å². The standard InChI is InChI=1S/C22H24N4O3S2/c1-16-4-2-6-20(14-16)31(28,29)25-18-9-7-17(8-10-18)21(27)24-15-19-5-3-12-26(19)22-23-11-13-30-22/h2,4,6-11,13-14,19,25H,3,5,12,15H2,1H3,(H,24,27). The number of hydrogen-bond acceptors (Lipinski definition) is 6. The molecule has 2 N–H and O–H groups in total. The minimum absolute atomic E-state index is 0.181. The fourth-order valence-electron chi connectivity index (χ4n) is 3.66. The van der Waals surface area contributed by atoms with Gasteiger partial charge < -0.3 is 10.2 Å². The summed E-state index contributed by atoms with van der Waals surface area (Å²) in [4.78, 5) is 19.4. The Morgan fingerprint density at radius 1 is 1.23 bits per heavy atom. The number of benzene rings is 2. The monoisotopic (exact) mass is 456 g/mol. The lowest BCUT2D eigenvalue weighted by Crippen LogP contribution is -2.40. The van der Waals surface area contributed by atoms with Crippen LogP contribution in [0, 0.1) is 6.92 Å². The zero-order chi connectivity index (χ0) is 21.8. The third-order valence-electron chi connectivity index (χ3n) is 5.24. The van der Waals surface area contributed by atoms with Crippen molar-refractivity contribution in [3.63, 3.8) is 0 Å². The summed E-state index contributed by atoms with van der Waals surface area (Å²) in [5.74, 6) is -0.181. The highest BCUT2D eigenvalue weighted by molar-refractivity contribution is 7.92. The van der Waals surface area contributed by atoms with Gasteiger partial charge in [0, 0.05) is 42.0 Å². The third kappa shape index (κ3) is 5.05. The van der Waals surface area contributed by atoms with E-state index in [0.717, 1.165) is 30.1 Å². The smallest absolute Gasteiger partial charge is 0.261 e. The van der Waals surface area contributed by atoms with E-state index in [9.17, 15) is 13.2 Å². The lowest BCUT2D eigenvalue weighted by molar-refractivity contribution is 0.0951. The zero-order valence-electron chi connectivity index (χ0n) is 17.1. The van der Waals surface area contributed by atoms with Crippen molar-refractivity contribution in [2.75, 3.05) is 22.7 Å². The molecule has 2 aromatic carbocycles. The number of nitrogens with zero attached hydrogens (tertiary/aromatic N) is 2. The average Bonchev–Trinajstić information content (AvgIpc) is 3.44. The summed E-state index contributed by atoms with van der Waals surface area (Å²) in [6.07, 6.45) is 3.89. The minimum Gasteiger partial charge on any atom is -0.350 e. The Kier molecular flexibility index (Phi) is 6.24. The molecule has 162 valence electrons. The molecule has 1 saturated heterocycles. The number of thiazole rings is 1. The van der Waals surface area contributed by atoms with Gasteiger partial charge in [0.25, 0.3) is 15.9 Å². The molecule has 1 atom stereocenters. The molecule has 0 saturated carbocycles. The van der Waals surface area contributed by atoms with Crippen LogP contribution in [0.1, 0.15) is 28.8 Å². The van der Waals surface area contributed by atoms with Gasteiger partial charge in [-0.2, -0.15) is 0 Å². The van der Waals surface area contributed by atoms with Crippen LogP contribution in [0.15, 0.2) is 65.0 Å². The van der Waals surface area contributed by atoms with E-state index >= 15 is 0 Å². The maximum atomic E-state index is 12.6. The number of carbonyl (C=O) groups excluding carboxylic acids is 1. The maximum absolute atomic E-state index is 12.6. The summed E-state index contributed by atoms with van der Waals surface area (Å²) in [6, 6.07) is 13.4. The molecule has 3 aromatic rings. The zero-order valence-corrected chi connectivity index (χ0v) is 18.7. The van der Waals surface area contributed by atoms with Crippen molar-refractivity contribution in [1.82, 2.24) is 10.3 Å². The summed E-state index contributed by atoms with van der Waals surface area (Å²) >= 11 is 1.61. The van der Waals surface area contributed by atoms with Crippen molar-refractivity contribution in [2.24, 2.45) is 0 Å². The first-order valence-electron chi connectivity index (χ1n) is 10.1. The molecule has 1 amide bonds. The highest BCUT2D eigenvalue weighted by Gasteiger charge is 2.26. The van der Waals surface area contributed by atoms with E-state index in [4.69, 9.17) is 0 Å². The van der Waals surface area contributed by atoms with E-state index < -0.39 is 10.0 Å². The van der Waals surface area contributed by atoms with E-state index in [1.165, 1.54) is 0 Å². The van der Waals surface area contributed by atoms with Crippen molar-refractivity contribution in [1.29, 1.82) is 0 Å². The fraction of sp³-hybridized carbons (Fsp3) is 0.273. The van der Waals surface area contributed by atoms with Crippen molar-refractivity contribution < 1.29 is 13.2 Å². The fourth-order valence-corrected chi connectivity index (χ4v) is 5.56. The van der Waals surface area contributed by atoms with Crippen LogP contribution in [0.2, 0.25) is 0 Å². The normalized spacial score (nSPS) is 16.3. The molecular weight excluding hydrogens is 432 g/mol. The Morgan fingerprint density at radius 2 is 2.03 bits per heavy atom. The van der Waals surface area contributed by atoms with Crippen molar-refractivity contribution in [3.8, 4) is 0 Å². The van der Waals surface area contributed by atoms with E-state index in [-0.39, 0.29) is 16.8 Å². The van der Waals surface area contributed by atoms with Crippen molar-refractivity contribution >= 4 is 38.1 Å². The number of sulfonamides is 1. The molecule has 0 spiro atoms. The van der Waals surface area contributed by atoms with Gasteiger partial charge in [0.15, 0.2) is 5.13 Å².